The Morgan fingerprint density at radius 3 is 2.69 bits per heavy atom. The summed E-state index contributed by atoms with van der Waals surface area (Å²) in [4.78, 5) is 18.3. The Bertz CT molecular complexity index is 804. The van der Waals surface area contributed by atoms with E-state index in [1.165, 1.54) is 0 Å². The van der Waals surface area contributed by atoms with Crippen LogP contribution < -0.4 is 10.1 Å². The molecule has 2 N–H and O–H groups in total. The van der Waals surface area contributed by atoms with Gasteiger partial charge in [0.05, 0.1) is 19.3 Å². The summed E-state index contributed by atoms with van der Waals surface area (Å²) in [5.74, 6) is 0.770. The fraction of sp³-hybridized carbons (Fsp3) is 0.368. The largest absolute Gasteiger partial charge is 0.505 e. The van der Waals surface area contributed by atoms with Crippen LogP contribution in [-0.2, 0) is 18.5 Å². The summed E-state index contributed by atoms with van der Waals surface area (Å²) < 4.78 is 5.54. The predicted octanol–water partition coefficient (Wildman–Crippen LogP) is 4.06. The number of rotatable bonds is 3. The Labute approximate surface area is 159 Å². The summed E-state index contributed by atoms with van der Waals surface area (Å²) >= 11 is 0. The van der Waals surface area contributed by atoms with Crippen LogP contribution in [0.1, 0.15) is 37.5 Å². The number of halogens is 1. The average molecular weight is 378 g/mol. The minimum absolute atomic E-state index is 0. The maximum Gasteiger partial charge on any atom is 0.322 e. The average Bonchev–Trinajstić information content (AvgIpc) is 2.56. The lowest BCUT2D eigenvalue weighted by molar-refractivity contribution is 0.202. The fourth-order valence-electron chi connectivity index (χ4n) is 3.02. The quantitative estimate of drug-likeness (QED) is 0.791. The third-order valence-electron chi connectivity index (χ3n) is 4.36. The van der Waals surface area contributed by atoms with Gasteiger partial charge in [0.25, 0.3) is 0 Å². The van der Waals surface area contributed by atoms with E-state index >= 15 is 0 Å². The lowest BCUT2D eigenvalue weighted by atomic mass is 9.84. The monoisotopic (exact) mass is 377 g/mol. The number of urea groups is 1. The number of phenolic OH excluding ortho intramolecular Hbond substituents is 1. The van der Waals surface area contributed by atoms with Gasteiger partial charge in [0, 0.05) is 30.1 Å². The van der Waals surface area contributed by atoms with E-state index in [2.05, 4.69) is 10.3 Å². The summed E-state index contributed by atoms with van der Waals surface area (Å²) in [5, 5.41) is 13.5. The first-order valence-corrected chi connectivity index (χ1v) is 8.19. The molecule has 0 saturated heterocycles. The van der Waals surface area contributed by atoms with Crippen molar-refractivity contribution < 1.29 is 14.6 Å². The van der Waals surface area contributed by atoms with Gasteiger partial charge in [-0.3, -0.25) is 4.98 Å². The van der Waals surface area contributed by atoms with Crippen LogP contribution in [0.4, 0.5) is 10.5 Å². The van der Waals surface area contributed by atoms with E-state index in [4.69, 9.17) is 4.74 Å². The molecule has 0 atom stereocenters. The van der Waals surface area contributed by atoms with Crippen LogP contribution in [0, 0.1) is 0 Å². The molecule has 1 aliphatic rings. The molecule has 2 heterocycles. The molecule has 0 unspecified atom stereocenters. The van der Waals surface area contributed by atoms with Crippen LogP contribution in [-0.4, -0.2) is 28.1 Å². The predicted molar refractivity (Wildman–Crippen MR) is 103 cm³/mol. The maximum atomic E-state index is 12.5. The molecular formula is C19H24ClN3O3. The van der Waals surface area contributed by atoms with Crippen molar-refractivity contribution in [2.24, 2.45) is 0 Å². The number of carbonyl (C=O) groups is 1. The number of benzene rings is 1. The third kappa shape index (κ3) is 3.70. The first-order valence-electron chi connectivity index (χ1n) is 8.19. The number of phenols is 1. The molecule has 2 aromatic rings. The number of nitrogens with zero attached hydrogens (tertiary/aromatic N) is 2. The third-order valence-corrected chi connectivity index (χ3v) is 4.36. The van der Waals surface area contributed by atoms with Gasteiger partial charge in [-0.1, -0.05) is 26.8 Å². The molecule has 0 radical (unpaired) electrons. The molecule has 2 amide bonds. The lowest BCUT2D eigenvalue weighted by Gasteiger charge is -2.33. The Morgan fingerprint density at radius 2 is 2.12 bits per heavy atom. The maximum absolute atomic E-state index is 12.5. The Balaban J connectivity index is 0.00000243. The molecule has 1 aromatic heterocycles. The zero-order valence-electron chi connectivity index (χ0n) is 15.4. The van der Waals surface area contributed by atoms with Gasteiger partial charge in [0.2, 0.25) is 0 Å². The van der Waals surface area contributed by atoms with Gasteiger partial charge in [-0.2, -0.15) is 0 Å². The van der Waals surface area contributed by atoms with Crippen molar-refractivity contribution in [1.29, 1.82) is 0 Å². The number of fused-ring (bicyclic) bond motifs is 1. The van der Waals surface area contributed by atoms with Crippen molar-refractivity contribution in [3.8, 4) is 11.5 Å². The lowest BCUT2D eigenvalue weighted by Crippen LogP contribution is -2.38. The number of aromatic hydroxyl groups is 1. The summed E-state index contributed by atoms with van der Waals surface area (Å²) in [6, 6.07) is 5.37. The number of hydrogen-bond donors (Lipinski definition) is 2. The van der Waals surface area contributed by atoms with Gasteiger partial charge in [-0.25, -0.2) is 4.79 Å². The molecule has 1 aromatic carbocycles. The van der Waals surface area contributed by atoms with E-state index in [9.17, 15) is 9.90 Å². The Hall–Kier alpha value is -2.47. The summed E-state index contributed by atoms with van der Waals surface area (Å²) in [7, 11) is 1.60. The molecule has 7 heteroatoms. The minimum Gasteiger partial charge on any atom is -0.505 e. The highest BCUT2D eigenvalue weighted by atomic mass is 35.5. The number of ether oxygens (including phenoxy) is 1. The summed E-state index contributed by atoms with van der Waals surface area (Å²) in [5.41, 5.74) is 2.62. The Morgan fingerprint density at radius 1 is 1.38 bits per heavy atom. The van der Waals surface area contributed by atoms with Gasteiger partial charge in [-0.05, 0) is 23.1 Å². The van der Waals surface area contributed by atoms with Gasteiger partial charge in [0.1, 0.15) is 11.5 Å². The zero-order valence-corrected chi connectivity index (χ0v) is 16.2. The molecule has 26 heavy (non-hydrogen) atoms. The highest BCUT2D eigenvalue weighted by molar-refractivity contribution is 5.95. The van der Waals surface area contributed by atoms with Crippen molar-refractivity contribution in [2.75, 3.05) is 12.4 Å². The van der Waals surface area contributed by atoms with Crippen LogP contribution in [0.3, 0.4) is 0 Å². The van der Waals surface area contributed by atoms with E-state index in [1.807, 2.05) is 39.0 Å². The number of nitrogens with one attached hydrogen (secondary N) is 1. The second-order valence-corrected chi connectivity index (χ2v) is 7.23. The highest BCUT2D eigenvalue weighted by Crippen LogP contribution is 2.45. The fourth-order valence-corrected chi connectivity index (χ4v) is 3.02. The SMILES string of the molecule is COc1cc(C(C)(C)C)c(O)c2c1CN(Cc1cccnc1)C(=O)N2.Cl. The van der Waals surface area contributed by atoms with Crippen LogP contribution in [0.15, 0.2) is 30.6 Å². The van der Waals surface area contributed by atoms with E-state index < -0.39 is 0 Å². The van der Waals surface area contributed by atoms with Gasteiger partial charge >= 0.3 is 6.03 Å². The van der Waals surface area contributed by atoms with Gasteiger partial charge < -0.3 is 20.1 Å². The van der Waals surface area contributed by atoms with E-state index in [0.29, 0.717) is 24.5 Å². The second kappa shape index (κ2) is 7.41. The zero-order chi connectivity index (χ0) is 18.2. The topological polar surface area (TPSA) is 74.7 Å². The number of carbonyl (C=O) groups excluding carboxylic acids is 1. The summed E-state index contributed by atoms with van der Waals surface area (Å²) in [6.45, 7) is 6.81. The minimum atomic E-state index is -0.274. The number of hydrogen-bond acceptors (Lipinski definition) is 4. The second-order valence-electron chi connectivity index (χ2n) is 7.23. The van der Waals surface area contributed by atoms with Crippen LogP contribution >= 0.6 is 12.4 Å². The van der Waals surface area contributed by atoms with E-state index in [0.717, 1.165) is 16.7 Å². The highest BCUT2D eigenvalue weighted by Gasteiger charge is 2.31. The first-order chi connectivity index (χ1) is 11.8. The molecule has 0 spiro atoms. The van der Waals surface area contributed by atoms with E-state index in [1.54, 1.807) is 24.4 Å². The molecule has 140 valence electrons. The number of pyridine rings is 1. The van der Waals surface area contributed by atoms with E-state index in [-0.39, 0.29) is 29.6 Å². The number of amides is 2. The van der Waals surface area contributed by atoms with Crippen LogP contribution in [0.25, 0.3) is 0 Å². The molecule has 0 aliphatic carbocycles. The van der Waals surface area contributed by atoms with Gasteiger partial charge in [-0.15, -0.1) is 12.4 Å². The van der Waals surface area contributed by atoms with Crippen molar-refractivity contribution in [2.45, 2.75) is 39.3 Å². The normalized spacial score (nSPS) is 13.5. The number of aromatic nitrogens is 1. The summed E-state index contributed by atoms with van der Waals surface area (Å²) in [6.07, 6.45) is 3.43. The van der Waals surface area contributed by atoms with Crippen molar-refractivity contribution in [3.63, 3.8) is 0 Å². The molecular weight excluding hydrogens is 354 g/mol. The van der Waals surface area contributed by atoms with Crippen LogP contribution in [0.2, 0.25) is 0 Å². The molecule has 6 nitrogen and oxygen atoms in total. The molecule has 0 bridgehead atoms. The first kappa shape index (κ1) is 19.8. The van der Waals surface area contributed by atoms with Gasteiger partial charge in [0.15, 0.2) is 0 Å². The molecule has 0 fully saturated rings. The standard InChI is InChI=1S/C19H23N3O3.ClH/c1-19(2,3)14-8-15(25-4)13-11-22(10-12-6-5-7-20-9-12)18(24)21-16(13)17(14)23;/h5-9,23H,10-11H2,1-4H3,(H,21,24);1H. The molecule has 3 rings (SSSR count). The molecule has 0 saturated carbocycles. The van der Waals surface area contributed by atoms with Crippen molar-refractivity contribution >= 4 is 24.1 Å². The van der Waals surface area contributed by atoms with Crippen LogP contribution in [0.5, 0.6) is 11.5 Å². The smallest absolute Gasteiger partial charge is 0.322 e. The van der Waals surface area contributed by atoms with Crippen molar-refractivity contribution in [3.05, 3.63) is 47.3 Å². The number of methoxy groups -OCH3 is 1. The Kier molecular flexibility index (Phi) is 5.66. The number of anilines is 1. The molecule has 1 aliphatic heterocycles. The van der Waals surface area contributed by atoms with Crippen molar-refractivity contribution in [1.82, 2.24) is 9.88 Å².